The maximum Gasteiger partial charge on any atom is 0.339 e. The number of hydrogen-bond acceptors (Lipinski definition) is 3. The van der Waals surface area contributed by atoms with Gasteiger partial charge in [0, 0.05) is 11.3 Å². The molecular formula is C24H22ClNO3. The van der Waals surface area contributed by atoms with Crippen LogP contribution < -0.4 is 5.32 Å². The second-order valence-corrected chi connectivity index (χ2v) is 6.92. The van der Waals surface area contributed by atoms with Gasteiger partial charge >= 0.3 is 5.97 Å². The summed E-state index contributed by atoms with van der Waals surface area (Å²) in [5, 5.41) is 3.14. The molecule has 0 aliphatic heterocycles. The maximum absolute atomic E-state index is 12.9. The Morgan fingerprint density at radius 1 is 0.897 bits per heavy atom. The van der Waals surface area contributed by atoms with Crippen molar-refractivity contribution in [2.45, 2.75) is 19.8 Å². The van der Waals surface area contributed by atoms with E-state index in [0.717, 1.165) is 18.4 Å². The van der Waals surface area contributed by atoms with Crippen molar-refractivity contribution in [1.29, 1.82) is 0 Å². The van der Waals surface area contributed by atoms with E-state index < -0.39 is 5.97 Å². The molecule has 0 aliphatic carbocycles. The molecular weight excluding hydrogens is 386 g/mol. The molecule has 0 aliphatic rings. The highest BCUT2D eigenvalue weighted by Gasteiger charge is 2.15. The van der Waals surface area contributed by atoms with Crippen molar-refractivity contribution in [3.05, 3.63) is 100 Å². The predicted octanol–water partition coefficient (Wildman–Crippen LogP) is 5.55. The third-order valence-corrected chi connectivity index (χ3v) is 4.84. The highest BCUT2D eigenvalue weighted by atomic mass is 35.5. The van der Waals surface area contributed by atoms with Gasteiger partial charge in [0.1, 0.15) is 0 Å². The number of amides is 1. The number of halogens is 1. The van der Waals surface area contributed by atoms with Gasteiger partial charge in [-0.25, -0.2) is 4.79 Å². The average molecular weight is 408 g/mol. The standard InChI is InChI=1S/C24H22ClNO3/c1-2-29-24(28)21-16-19(14-15-22(21)25)26-23(27)20-11-7-6-10-18(20)13-12-17-8-4-3-5-9-17/h3-11,14-16H,2,12-13H2,1H3,(H,26,27). The molecule has 4 nitrogen and oxygen atoms in total. The molecule has 0 radical (unpaired) electrons. The lowest BCUT2D eigenvalue weighted by atomic mass is 9.99. The van der Waals surface area contributed by atoms with Crippen molar-refractivity contribution in [1.82, 2.24) is 0 Å². The molecule has 0 heterocycles. The Morgan fingerprint density at radius 3 is 2.38 bits per heavy atom. The molecule has 0 fully saturated rings. The van der Waals surface area contributed by atoms with E-state index >= 15 is 0 Å². The number of rotatable bonds is 7. The summed E-state index contributed by atoms with van der Waals surface area (Å²) in [5.74, 6) is -0.748. The molecule has 1 N–H and O–H groups in total. The number of aryl methyl sites for hydroxylation is 2. The molecule has 0 bridgehead atoms. The van der Waals surface area contributed by atoms with Crippen LogP contribution in [-0.4, -0.2) is 18.5 Å². The number of nitrogens with one attached hydrogen (secondary N) is 1. The normalized spacial score (nSPS) is 10.4. The van der Waals surface area contributed by atoms with Gasteiger partial charge < -0.3 is 10.1 Å². The van der Waals surface area contributed by atoms with Gasteiger partial charge in [-0.3, -0.25) is 4.79 Å². The van der Waals surface area contributed by atoms with E-state index in [9.17, 15) is 9.59 Å². The molecule has 1 amide bonds. The van der Waals surface area contributed by atoms with E-state index in [1.54, 1.807) is 25.1 Å². The number of anilines is 1. The first-order valence-electron chi connectivity index (χ1n) is 9.48. The highest BCUT2D eigenvalue weighted by molar-refractivity contribution is 6.33. The monoisotopic (exact) mass is 407 g/mol. The fourth-order valence-corrected chi connectivity index (χ4v) is 3.24. The summed E-state index contributed by atoms with van der Waals surface area (Å²) in [4.78, 5) is 24.9. The van der Waals surface area contributed by atoms with E-state index in [1.807, 2.05) is 36.4 Å². The summed E-state index contributed by atoms with van der Waals surface area (Å²) >= 11 is 6.09. The summed E-state index contributed by atoms with van der Waals surface area (Å²) < 4.78 is 5.01. The van der Waals surface area contributed by atoms with Crippen LogP contribution in [0.2, 0.25) is 5.02 Å². The first-order valence-corrected chi connectivity index (χ1v) is 9.86. The number of carbonyl (C=O) groups is 2. The SMILES string of the molecule is CCOC(=O)c1cc(NC(=O)c2ccccc2CCc2ccccc2)ccc1Cl. The zero-order valence-electron chi connectivity index (χ0n) is 16.2. The van der Waals surface area contributed by atoms with Crippen molar-refractivity contribution in [2.24, 2.45) is 0 Å². The lowest BCUT2D eigenvalue weighted by Crippen LogP contribution is -2.15. The van der Waals surface area contributed by atoms with E-state index in [1.165, 1.54) is 11.6 Å². The quantitative estimate of drug-likeness (QED) is 0.522. The molecule has 148 valence electrons. The van der Waals surface area contributed by atoms with Crippen molar-refractivity contribution in [3.8, 4) is 0 Å². The van der Waals surface area contributed by atoms with Gasteiger partial charge in [0.25, 0.3) is 5.91 Å². The smallest absolute Gasteiger partial charge is 0.339 e. The maximum atomic E-state index is 12.9. The van der Waals surface area contributed by atoms with Gasteiger partial charge in [0.2, 0.25) is 0 Å². The van der Waals surface area contributed by atoms with E-state index in [-0.39, 0.29) is 23.1 Å². The Hall–Kier alpha value is -3.11. The Balaban J connectivity index is 1.76. The van der Waals surface area contributed by atoms with Gasteiger partial charge in [-0.05, 0) is 55.2 Å². The molecule has 0 saturated carbocycles. The van der Waals surface area contributed by atoms with Crippen LogP contribution in [0.4, 0.5) is 5.69 Å². The van der Waals surface area contributed by atoms with Gasteiger partial charge in [0.05, 0.1) is 17.2 Å². The summed E-state index contributed by atoms with van der Waals surface area (Å²) in [6.07, 6.45) is 1.60. The first-order chi connectivity index (χ1) is 14.1. The van der Waals surface area contributed by atoms with Crippen LogP contribution in [0.15, 0.2) is 72.8 Å². The number of esters is 1. The summed E-state index contributed by atoms with van der Waals surface area (Å²) in [5.41, 5.74) is 3.51. The van der Waals surface area contributed by atoms with Crippen LogP contribution in [0.1, 0.15) is 38.8 Å². The molecule has 0 spiro atoms. The van der Waals surface area contributed by atoms with Crippen LogP contribution in [0.5, 0.6) is 0 Å². The van der Waals surface area contributed by atoms with Crippen molar-refractivity contribution in [3.63, 3.8) is 0 Å². The second kappa shape index (κ2) is 9.89. The Kier molecular flexibility index (Phi) is 7.04. The van der Waals surface area contributed by atoms with Crippen LogP contribution >= 0.6 is 11.6 Å². The van der Waals surface area contributed by atoms with Crippen molar-refractivity contribution < 1.29 is 14.3 Å². The average Bonchev–Trinajstić information content (AvgIpc) is 2.74. The topological polar surface area (TPSA) is 55.4 Å². The Morgan fingerprint density at radius 2 is 1.62 bits per heavy atom. The van der Waals surface area contributed by atoms with E-state index in [4.69, 9.17) is 16.3 Å². The number of benzene rings is 3. The number of ether oxygens (including phenoxy) is 1. The van der Waals surface area contributed by atoms with Gasteiger partial charge in [0.15, 0.2) is 0 Å². The molecule has 29 heavy (non-hydrogen) atoms. The first kappa shape index (κ1) is 20.6. The van der Waals surface area contributed by atoms with Gasteiger partial charge in [-0.15, -0.1) is 0 Å². The fraction of sp³-hybridized carbons (Fsp3) is 0.167. The van der Waals surface area contributed by atoms with Crippen LogP contribution in [0, 0.1) is 0 Å². The van der Waals surface area contributed by atoms with Gasteiger partial charge in [-0.1, -0.05) is 60.1 Å². The van der Waals surface area contributed by atoms with Crippen LogP contribution in [-0.2, 0) is 17.6 Å². The predicted molar refractivity (Wildman–Crippen MR) is 116 cm³/mol. The largest absolute Gasteiger partial charge is 0.462 e. The third kappa shape index (κ3) is 5.46. The van der Waals surface area contributed by atoms with E-state index in [2.05, 4.69) is 17.4 Å². The molecule has 3 aromatic rings. The Labute approximate surface area is 175 Å². The lowest BCUT2D eigenvalue weighted by Gasteiger charge is -2.12. The summed E-state index contributed by atoms with van der Waals surface area (Å²) in [6, 6.07) is 22.5. The minimum absolute atomic E-state index is 0.226. The third-order valence-electron chi connectivity index (χ3n) is 4.51. The lowest BCUT2D eigenvalue weighted by molar-refractivity contribution is 0.0526. The number of carbonyl (C=O) groups excluding carboxylic acids is 2. The van der Waals surface area contributed by atoms with Gasteiger partial charge in [-0.2, -0.15) is 0 Å². The molecule has 5 heteroatoms. The van der Waals surface area contributed by atoms with Crippen molar-refractivity contribution >= 4 is 29.2 Å². The minimum atomic E-state index is -0.517. The molecule has 0 saturated heterocycles. The molecule has 0 atom stereocenters. The molecule has 0 aromatic heterocycles. The second-order valence-electron chi connectivity index (χ2n) is 6.51. The molecule has 3 aromatic carbocycles. The number of hydrogen-bond donors (Lipinski definition) is 1. The summed E-state index contributed by atoms with van der Waals surface area (Å²) in [7, 11) is 0. The summed E-state index contributed by atoms with van der Waals surface area (Å²) in [6.45, 7) is 1.98. The van der Waals surface area contributed by atoms with Crippen LogP contribution in [0.3, 0.4) is 0 Å². The van der Waals surface area contributed by atoms with Crippen LogP contribution in [0.25, 0.3) is 0 Å². The zero-order valence-corrected chi connectivity index (χ0v) is 16.9. The molecule has 0 unspecified atom stereocenters. The van der Waals surface area contributed by atoms with Crippen molar-refractivity contribution in [2.75, 3.05) is 11.9 Å². The zero-order chi connectivity index (χ0) is 20.6. The highest BCUT2D eigenvalue weighted by Crippen LogP contribution is 2.23. The minimum Gasteiger partial charge on any atom is -0.462 e. The fourth-order valence-electron chi connectivity index (χ4n) is 3.05. The molecule has 3 rings (SSSR count). The van der Waals surface area contributed by atoms with E-state index in [0.29, 0.717) is 11.3 Å². The Bertz CT molecular complexity index is 1000.